The van der Waals surface area contributed by atoms with E-state index in [1.807, 2.05) is 6.07 Å². The number of rotatable bonds is 6. The molecule has 2 aromatic carbocycles. The Labute approximate surface area is 163 Å². The molecule has 0 bridgehead atoms. The highest BCUT2D eigenvalue weighted by Gasteiger charge is 2.37. The number of hydrogen-bond acceptors (Lipinski definition) is 5. The fraction of sp³-hybridized carbons (Fsp3) is 0.316. The number of carbonyl (C=O) groups excluding carboxylic acids is 1. The van der Waals surface area contributed by atoms with Crippen LogP contribution < -0.4 is 9.04 Å². The fourth-order valence-electron chi connectivity index (χ4n) is 3.23. The lowest BCUT2D eigenvalue weighted by Crippen LogP contribution is -2.30. The minimum atomic E-state index is -3.78. The van der Waals surface area contributed by atoms with Crippen LogP contribution in [0.2, 0.25) is 5.02 Å². The molecule has 1 heterocycles. The fourth-order valence-corrected chi connectivity index (χ4v) is 5.07. The Morgan fingerprint density at radius 3 is 2.67 bits per heavy atom. The van der Waals surface area contributed by atoms with Crippen molar-refractivity contribution < 1.29 is 22.7 Å². The maximum absolute atomic E-state index is 13.2. The van der Waals surface area contributed by atoms with Gasteiger partial charge in [-0.15, -0.1) is 0 Å². The Balaban J connectivity index is 1.99. The molecule has 8 heteroatoms. The van der Waals surface area contributed by atoms with Gasteiger partial charge in [0.25, 0.3) is 10.0 Å². The molecular formula is C19H20ClNO5S. The molecule has 0 fully saturated rings. The number of nitrogens with zero attached hydrogens (tertiary/aromatic N) is 1. The highest BCUT2D eigenvalue weighted by Crippen LogP contribution is 2.43. The van der Waals surface area contributed by atoms with Crippen LogP contribution in [0, 0.1) is 0 Å². The van der Waals surface area contributed by atoms with Crippen LogP contribution in [0.5, 0.6) is 5.75 Å². The van der Waals surface area contributed by atoms with Crippen molar-refractivity contribution in [2.24, 2.45) is 0 Å². The molecule has 144 valence electrons. The number of benzene rings is 2. The Hall–Kier alpha value is -2.25. The van der Waals surface area contributed by atoms with Gasteiger partial charge in [0.15, 0.2) is 0 Å². The largest absolute Gasteiger partial charge is 0.497 e. The number of anilines is 1. The summed E-state index contributed by atoms with van der Waals surface area (Å²) in [5, 5.41) is 0.354. The first-order valence-corrected chi connectivity index (χ1v) is 10.2. The van der Waals surface area contributed by atoms with Crippen LogP contribution in [0.4, 0.5) is 5.69 Å². The minimum Gasteiger partial charge on any atom is -0.497 e. The van der Waals surface area contributed by atoms with Gasteiger partial charge in [-0.1, -0.05) is 17.7 Å². The average Bonchev–Trinajstić information content (AvgIpc) is 3.04. The van der Waals surface area contributed by atoms with E-state index in [4.69, 9.17) is 21.1 Å². The van der Waals surface area contributed by atoms with E-state index < -0.39 is 10.0 Å². The Bertz CT molecular complexity index is 960. The zero-order chi connectivity index (χ0) is 19.6. The molecular weight excluding hydrogens is 390 g/mol. The number of sulfonamides is 1. The van der Waals surface area contributed by atoms with E-state index in [1.165, 1.54) is 23.5 Å². The van der Waals surface area contributed by atoms with E-state index in [9.17, 15) is 13.2 Å². The van der Waals surface area contributed by atoms with E-state index in [0.717, 1.165) is 5.56 Å². The lowest BCUT2D eigenvalue weighted by atomic mass is 9.96. The zero-order valence-electron chi connectivity index (χ0n) is 15.0. The van der Waals surface area contributed by atoms with Crippen LogP contribution >= 0.6 is 11.6 Å². The molecule has 0 N–H and O–H groups in total. The third kappa shape index (κ3) is 3.89. The molecule has 0 amide bonds. The lowest BCUT2D eigenvalue weighted by Gasteiger charge is -2.20. The average molecular weight is 410 g/mol. The van der Waals surface area contributed by atoms with Gasteiger partial charge in [0.2, 0.25) is 0 Å². The summed E-state index contributed by atoms with van der Waals surface area (Å²) in [5.41, 5.74) is 1.43. The van der Waals surface area contributed by atoms with E-state index in [1.54, 1.807) is 31.4 Å². The molecule has 1 aliphatic heterocycles. The standard InChI is InChI=1S/C19H20ClNO5S/c1-25-15-7-8-18-17(11-15)13(6-9-19(22)26-2)12-21(18)27(23,24)16-5-3-4-14(20)10-16/h3-5,7-8,10-11,13H,6,9,12H2,1-2H3. The monoisotopic (exact) mass is 409 g/mol. The number of halogens is 1. The maximum Gasteiger partial charge on any atom is 0.305 e. The number of methoxy groups -OCH3 is 2. The molecule has 3 rings (SSSR count). The van der Waals surface area contributed by atoms with Crippen LogP contribution in [0.25, 0.3) is 0 Å². The van der Waals surface area contributed by atoms with Gasteiger partial charge >= 0.3 is 5.97 Å². The summed E-state index contributed by atoms with van der Waals surface area (Å²) in [6, 6.07) is 11.5. The van der Waals surface area contributed by atoms with Gasteiger partial charge in [-0.05, 0) is 48.4 Å². The molecule has 0 saturated carbocycles. The van der Waals surface area contributed by atoms with Gasteiger partial charge in [0.05, 0.1) is 24.8 Å². The summed E-state index contributed by atoms with van der Waals surface area (Å²) >= 11 is 5.98. The quantitative estimate of drug-likeness (QED) is 0.681. The smallest absolute Gasteiger partial charge is 0.305 e. The van der Waals surface area contributed by atoms with Crippen LogP contribution in [0.1, 0.15) is 24.3 Å². The summed E-state index contributed by atoms with van der Waals surface area (Å²) in [5.74, 6) is 0.178. The Morgan fingerprint density at radius 1 is 1.22 bits per heavy atom. The Kier molecular flexibility index (Phi) is 5.62. The molecule has 0 aromatic heterocycles. The first-order valence-electron chi connectivity index (χ1n) is 8.40. The molecule has 27 heavy (non-hydrogen) atoms. The zero-order valence-corrected chi connectivity index (χ0v) is 16.6. The van der Waals surface area contributed by atoms with Crippen molar-refractivity contribution in [3.63, 3.8) is 0 Å². The maximum atomic E-state index is 13.2. The van der Waals surface area contributed by atoms with Crippen molar-refractivity contribution in [3.05, 3.63) is 53.1 Å². The van der Waals surface area contributed by atoms with Crippen molar-refractivity contribution in [3.8, 4) is 5.75 Å². The summed E-state index contributed by atoms with van der Waals surface area (Å²) in [6.45, 7) is 0.244. The van der Waals surface area contributed by atoms with Gasteiger partial charge in [-0.2, -0.15) is 0 Å². The summed E-state index contributed by atoms with van der Waals surface area (Å²) in [4.78, 5) is 11.7. The second-order valence-corrected chi connectivity index (χ2v) is 8.53. The van der Waals surface area contributed by atoms with Gasteiger partial charge in [-0.25, -0.2) is 8.42 Å². The van der Waals surface area contributed by atoms with Crippen LogP contribution in [-0.2, 0) is 19.6 Å². The molecule has 6 nitrogen and oxygen atoms in total. The van der Waals surface area contributed by atoms with E-state index in [0.29, 0.717) is 22.9 Å². The topological polar surface area (TPSA) is 72.9 Å². The highest BCUT2D eigenvalue weighted by atomic mass is 35.5. The third-order valence-corrected chi connectivity index (χ3v) is 6.65. The van der Waals surface area contributed by atoms with Gasteiger partial charge in [-0.3, -0.25) is 9.10 Å². The lowest BCUT2D eigenvalue weighted by molar-refractivity contribution is -0.140. The Morgan fingerprint density at radius 2 is 2.00 bits per heavy atom. The van der Waals surface area contributed by atoms with Gasteiger partial charge < -0.3 is 9.47 Å². The SMILES string of the molecule is COC(=O)CCC1CN(S(=O)(=O)c2cccc(Cl)c2)c2ccc(OC)cc21. The number of hydrogen-bond donors (Lipinski definition) is 0. The predicted octanol–water partition coefficient (Wildman–Crippen LogP) is 3.59. The molecule has 0 radical (unpaired) electrons. The van der Waals surface area contributed by atoms with E-state index in [2.05, 4.69) is 0 Å². The molecule has 1 atom stereocenters. The minimum absolute atomic E-state index is 0.130. The highest BCUT2D eigenvalue weighted by molar-refractivity contribution is 7.92. The number of carbonyl (C=O) groups is 1. The first-order chi connectivity index (χ1) is 12.9. The van der Waals surface area contributed by atoms with E-state index in [-0.39, 0.29) is 29.7 Å². The number of ether oxygens (including phenoxy) is 2. The second-order valence-electron chi connectivity index (χ2n) is 6.23. The van der Waals surface area contributed by atoms with Crippen molar-refractivity contribution in [2.45, 2.75) is 23.7 Å². The van der Waals surface area contributed by atoms with Crippen LogP contribution in [0.3, 0.4) is 0 Å². The summed E-state index contributed by atoms with van der Waals surface area (Å²) < 4.78 is 37.7. The molecule has 0 saturated heterocycles. The predicted molar refractivity (Wildman–Crippen MR) is 103 cm³/mol. The number of esters is 1. The van der Waals surface area contributed by atoms with E-state index >= 15 is 0 Å². The second kappa shape index (κ2) is 7.78. The molecule has 0 spiro atoms. The van der Waals surface area contributed by atoms with Crippen LogP contribution in [0.15, 0.2) is 47.4 Å². The first kappa shape index (κ1) is 19.5. The summed E-state index contributed by atoms with van der Waals surface area (Å²) in [7, 11) is -0.886. The van der Waals surface area contributed by atoms with Crippen molar-refractivity contribution in [1.29, 1.82) is 0 Å². The molecule has 0 aliphatic carbocycles. The van der Waals surface area contributed by atoms with Gasteiger partial charge in [0, 0.05) is 23.9 Å². The van der Waals surface area contributed by atoms with Gasteiger partial charge in [0.1, 0.15) is 5.75 Å². The van der Waals surface area contributed by atoms with Crippen molar-refractivity contribution >= 4 is 33.3 Å². The summed E-state index contributed by atoms with van der Waals surface area (Å²) in [6.07, 6.45) is 0.692. The molecule has 1 aliphatic rings. The van der Waals surface area contributed by atoms with Crippen LogP contribution in [-0.4, -0.2) is 35.2 Å². The molecule has 2 aromatic rings. The van der Waals surface area contributed by atoms with Crippen molar-refractivity contribution in [2.75, 3.05) is 25.1 Å². The normalized spacial score (nSPS) is 16.1. The third-order valence-electron chi connectivity index (χ3n) is 4.64. The van der Waals surface area contributed by atoms with Crippen molar-refractivity contribution in [1.82, 2.24) is 0 Å². The number of fused-ring (bicyclic) bond motifs is 1. The molecule has 1 unspecified atom stereocenters.